The molecule has 2 fully saturated rings. The maximum atomic E-state index is 6.38. The van der Waals surface area contributed by atoms with E-state index in [9.17, 15) is 0 Å². The quantitative estimate of drug-likeness (QED) is 0.341. The van der Waals surface area contributed by atoms with Crippen molar-refractivity contribution in [2.75, 3.05) is 54.5 Å². The molecule has 2 N–H and O–H groups in total. The molecular formula is C32H39ClN6OS. The van der Waals surface area contributed by atoms with Crippen LogP contribution in [0.3, 0.4) is 0 Å². The number of rotatable bonds is 6. The van der Waals surface area contributed by atoms with E-state index in [-0.39, 0.29) is 5.41 Å². The van der Waals surface area contributed by atoms with Crippen molar-refractivity contribution in [1.29, 1.82) is 0 Å². The molecule has 1 atom stereocenters. The molecule has 9 heteroatoms. The molecular weight excluding hydrogens is 552 g/mol. The summed E-state index contributed by atoms with van der Waals surface area (Å²) in [6.45, 7) is 8.22. The van der Waals surface area contributed by atoms with Gasteiger partial charge in [0.15, 0.2) is 5.11 Å². The van der Waals surface area contributed by atoms with E-state index in [1.54, 1.807) is 0 Å². The van der Waals surface area contributed by atoms with Crippen LogP contribution in [0.4, 0.5) is 17.6 Å². The smallest absolute Gasteiger partial charge is 0.232 e. The number of hydrogen-bond donors (Lipinski definition) is 2. The third kappa shape index (κ3) is 6.60. The second-order valence-corrected chi connectivity index (χ2v) is 12.6. The molecule has 1 unspecified atom stereocenters. The molecule has 0 bridgehead atoms. The van der Waals surface area contributed by atoms with Gasteiger partial charge in [0.05, 0.1) is 0 Å². The topological polar surface area (TPSA) is 65.5 Å². The van der Waals surface area contributed by atoms with E-state index in [1.165, 1.54) is 29.5 Å². The van der Waals surface area contributed by atoms with Gasteiger partial charge in [-0.1, -0.05) is 54.9 Å². The average molecular weight is 591 g/mol. The van der Waals surface area contributed by atoms with Crippen LogP contribution in [0.1, 0.15) is 49.3 Å². The number of aromatic nitrogens is 2. The first-order valence-electron chi connectivity index (χ1n) is 14.8. The number of thiocarbonyl (C=S) groups is 1. The van der Waals surface area contributed by atoms with Gasteiger partial charge in [0.1, 0.15) is 11.6 Å². The summed E-state index contributed by atoms with van der Waals surface area (Å²) in [4.78, 5) is 14.7. The van der Waals surface area contributed by atoms with Crippen molar-refractivity contribution in [2.24, 2.45) is 5.92 Å². The highest BCUT2D eigenvalue weighted by molar-refractivity contribution is 7.80. The van der Waals surface area contributed by atoms with Crippen LogP contribution in [-0.2, 0) is 23.1 Å². The number of hydrogen-bond acceptors (Lipinski definition) is 6. The zero-order chi connectivity index (χ0) is 28.2. The molecule has 1 aromatic heterocycles. The zero-order valence-corrected chi connectivity index (χ0v) is 25.3. The van der Waals surface area contributed by atoms with E-state index < -0.39 is 0 Å². The molecule has 7 nitrogen and oxygen atoms in total. The van der Waals surface area contributed by atoms with Gasteiger partial charge in [0.25, 0.3) is 0 Å². The molecule has 0 amide bonds. The SMILES string of the molecule is CC1CCCN(c2cc(N3CCc4ccccc4C3)nc(NC(=S)NCC3(c4cccc(Cl)c4)CCOCC3)n2)C1. The second-order valence-electron chi connectivity index (χ2n) is 11.8. The van der Waals surface area contributed by atoms with E-state index in [1.807, 2.05) is 12.1 Å². The van der Waals surface area contributed by atoms with Crippen LogP contribution in [0.2, 0.25) is 5.02 Å². The van der Waals surface area contributed by atoms with E-state index in [4.69, 9.17) is 38.5 Å². The number of halogens is 1. The highest BCUT2D eigenvalue weighted by Crippen LogP contribution is 2.35. The largest absolute Gasteiger partial charge is 0.381 e. The van der Waals surface area contributed by atoms with Gasteiger partial charge in [-0.2, -0.15) is 9.97 Å². The minimum atomic E-state index is -0.103. The number of nitrogens with zero attached hydrogens (tertiary/aromatic N) is 4. The summed E-state index contributed by atoms with van der Waals surface area (Å²) in [6.07, 6.45) is 5.26. The number of anilines is 3. The van der Waals surface area contributed by atoms with Crippen LogP contribution in [0.25, 0.3) is 0 Å². The lowest BCUT2D eigenvalue weighted by Gasteiger charge is -2.38. The summed E-state index contributed by atoms with van der Waals surface area (Å²) in [5, 5.41) is 8.10. The van der Waals surface area contributed by atoms with E-state index in [2.05, 4.69) is 69.8 Å². The Morgan fingerprint density at radius 2 is 1.80 bits per heavy atom. The van der Waals surface area contributed by atoms with Gasteiger partial charge >= 0.3 is 0 Å². The molecule has 0 radical (unpaired) electrons. The Hall–Kier alpha value is -2.94. The molecule has 3 aliphatic rings. The van der Waals surface area contributed by atoms with Gasteiger partial charge in [-0.15, -0.1) is 0 Å². The Kier molecular flexibility index (Phi) is 8.60. The number of fused-ring (bicyclic) bond motifs is 1. The van der Waals surface area contributed by atoms with Gasteiger partial charge in [-0.3, -0.25) is 0 Å². The molecule has 0 saturated carbocycles. The van der Waals surface area contributed by atoms with Crippen LogP contribution in [0.5, 0.6) is 0 Å². The lowest BCUT2D eigenvalue weighted by molar-refractivity contribution is 0.0515. The summed E-state index contributed by atoms with van der Waals surface area (Å²) in [7, 11) is 0. The third-order valence-corrected chi connectivity index (χ3v) is 9.32. The summed E-state index contributed by atoms with van der Waals surface area (Å²) in [6, 6.07) is 19.0. The fourth-order valence-corrected chi connectivity index (χ4v) is 6.79. The molecule has 0 aliphatic carbocycles. The van der Waals surface area contributed by atoms with Gasteiger partial charge < -0.3 is 25.2 Å². The summed E-state index contributed by atoms with van der Waals surface area (Å²) < 4.78 is 5.71. The predicted octanol–water partition coefficient (Wildman–Crippen LogP) is 5.96. The van der Waals surface area contributed by atoms with Crippen LogP contribution >= 0.6 is 23.8 Å². The van der Waals surface area contributed by atoms with E-state index in [0.717, 1.165) is 75.3 Å². The molecule has 3 aliphatic heterocycles. The Morgan fingerprint density at radius 1 is 1.02 bits per heavy atom. The monoisotopic (exact) mass is 590 g/mol. The van der Waals surface area contributed by atoms with Crippen LogP contribution in [0, 0.1) is 5.92 Å². The second kappa shape index (κ2) is 12.5. The Morgan fingerprint density at radius 3 is 2.59 bits per heavy atom. The lowest BCUT2D eigenvalue weighted by Crippen LogP contribution is -2.45. The van der Waals surface area contributed by atoms with Crippen molar-refractivity contribution >= 4 is 46.5 Å². The standard InChI is InChI=1S/C32H39ClN6OS/c1-23-6-5-14-38(20-23)28-19-29(39-15-11-24-7-2-3-8-25(24)21-39)36-30(35-28)37-31(41)34-22-32(12-16-40-17-13-32)26-9-4-10-27(33)18-26/h2-4,7-10,18-19,23H,5-6,11-17,20-22H2,1H3,(H2,34,35,36,37,41). The van der Waals surface area contributed by atoms with Gasteiger partial charge in [-0.05, 0) is 79.1 Å². The Bertz CT molecular complexity index is 1380. The molecule has 4 heterocycles. The number of benzene rings is 2. The fraction of sp³-hybridized carbons (Fsp3) is 0.469. The minimum Gasteiger partial charge on any atom is -0.381 e. The van der Waals surface area contributed by atoms with E-state index in [0.29, 0.717) is 23.5 Å². The average Bonchev–Trinajstić information content (AvgIpc) is 3.00. The molecule has 0 spiro atoms. The van der Waals surface area contributed by atoms with Crippen molar-refractivity contribution in [1.82, 2.24) is 15.3 Å². The van der Waals surface area contributed by atoms with Gasteiger partial charge in [0, 0.05) is 62.4 Å². The van der Waals surface area contributed by atoms with Gasteiger partial charge in [-0.25, -0.2) is 0 Å². The molecule has 6 rings (SSSR count). The fourth-order valence-electron chi connectivity index (χ4n) is 6.43. The first kappa shape index (κ1) is 28.2. The molecule has 216 valence electrons. The Balaban J connectivity index is 1.22. The summed E-state index contributed by atoms with van der Waals surface area (Å²) >= 11 is 12.2. The molecule has 2 saturated heterocycles. The minimum absolute atomic E-state index is 0.103. The van der Waals surface area contributed by atoms with E-state index >= 15 is 0 Å². The zero-order valence-electron chi connectivity index (χ0n) is 23.7. The van der Waals surface area contributed by atoms with Crippen LogP contribution < -0.4 is 20.4 Å². The first-order valence-corrected chi connectivity index (χ1v) is 15.6. The Labute approximate surface area is 253 Å². The van der Waals surface area contributed by atoms with Crippen LogP contribution in [-0.4, -0.2) is 54.5 Å². The van der Waals surface area contributed by atoms with Gasteiger partial charge in [0.2, 0.25) is 5.95 Å². The number of ether oxygens (including phenoxy) is 1. The molecule has 3 aromatic rings. The van der Waals surface area contributed by atoms with Crippen molar-refractivity contribution in [3.8, 4) is 0 Å². The maximum Gasteiger partial charge on any atom is 0.232 e. The molecule has 2 aromatic carbocycles. The normalized spacial score (nSPS) is 20.3. The third-order valence-electron chi connectivity index (χ3n) is 8.83. The number of piperidine rings is 1. The van der Waals surface area contributed by atoms with Crippen LogP contribution in [0.15, 0.2) is 54.6 Å². The van der Waals surface area contributed by atoms with Crippen molar-refractivity contribution in [3.05, 3.63) is 76.3 Å². The summed E-state index contributed by atoms with van der Waals surface area (Å²) in [5.41, 5.74) is 3.90. The number of nitrogens with one attached hydrogen (secondary N) is 2. The molecule has 41 heavy (non-hydrogen) atoms. The predicted molar refractivity (Wildman–Crippen MR) is 171 cm³/mol. The van der Waals surface area contributed by atoms with Crippen molar-refractivity contribution in [2.45, 2.75) is 51.0 Å². The maximum absolute atomic E-state index is 6.38. The first-order chi connectivity index (χ1) is 20.0. The highest BCUT2D eigenvalue weighted by atomic mass is 35.5. The summed E-state index contributed by atoms with van der Waals surface area (Å²) in [5.74, 6) is 3.08. The van der Waals surface area contributed by atoms with Crippen molar-refractivity contribution < 1.29 is 4.74 Å². The van der Waals surface area contributed by atoms with Crippen molar-refractivity contribution in [3.63, 3.8) is 0 Å². The lowest BCUT2D eigenvalue weighted by atomic mass is 9.74. The highest BCUT2D eigenvalue weighted by Gasteiger charge is 2.35.